The second kappa shape index (κ2) is 12.1. The van der Waals surface area contributed by atoms with Crippen LogP contribution in [0.5, 0.6) is 0 Å². The molecule has 0 radical (unpaired) electrons. The Morgan fingerprint density at radius 2 is 1.44 bits per heavy atom. The van der Waals surface area contributed by atoms with Crippen molar-refractivity contribution in [2.75, 3.05) is 14.1 Å². The van der Waals surface area contributed by atoms with Gasteiger partial charge in [-0.25, -0.2) is 17.6 Å². The minimum atomic E-state index is -1.07. The Labute approximate surface area is 192 Å². The molecule has 12 heteroatoms. The zero-order chi connectivity index (χ0) is 24.6. The minimum Gasteiger partial charge on any atom is -0.379 e. The fourth-order valence-electron chi connectivity index (χ4n) is 2.09. The number of carbonyl (C=O) groups excluding carboxylic acids is 2. The first-order valence-corrected chi connectivity index (χ1v) is 9.70. The monoisotopic (exact) mass is 488 g/mol. The molecule has 0 saturated carbocycles. The molecule has 32 heavy (non-hydrogen) atoms. The highest BCUT2D eigenvalue weighted by Gasteiger charge is 2.21. The van der Waals surface area contributed by atoms with Gasteiger partial charge in [-0.1, -0.05) is 24.4 Å². The minimum absolute atomic E-state index is 0.0903. The normalized spacial score (nSPS) is 10.8. The van der Waals surface area contributed by atoms with Crippen molar-refractivity contribution in [3.63, 3.8) is 0 Å². The summed E-state index contributed by atoms with van der Waals surface area (Å²) in [5, 5.41) is 3.60. The molecule has 0 bridgehead atoms. The van der Waals surface area contributed by atoms with E-state index in [1.54, 1.807) is 7.05 Å². The number of rotatable bonds is 4. The lowest BCUT2D eigenvalue weighted by Crippen LogP contribution is -2.47. The van der Waals surface area contributed by atoms with Gasteiger partial charge < -0.3 is 11.1 Å². The molecule has 0 heterocycles. The first-order chi connectivity index (χ1) is 14.9. The lowest BCUT2D eigenvalue weighted by Gasteiger charge is -2.22. The van der Waals surface area contributed by atoms with Crippen LogP contribution in [0.25, 0.3) is 0 Å². The molecule has 1 unspecified atom stereocenters. The highest BCUT2D eigenvalue weighted by atomic mass is 32.1. The molecule has 2 aromatic rings. The van der Waals surface area contributed by atoms with Gasteiger partial charge in [0.15, 0.2) is 0 Å². The van der Waals surface area contributed by atoms with Crippen LogP contribution in [-0.4, -0.2) is 40.9 Å². The second-order valence-corrected chi connectivity index (χ2v) is 7.09. The molecule has 0 aliphatic carbocycles. The maximum absolute atomic E-state index is 13.5. The molecule has 2 aromatic carbocycles. The van der Waals surface area contributed by atoms with Crippen molar-refractivity contribution < 1.29 is 27.2 Å². The Hall–Kier alpha value is -3.12. The zero-order valence-electron chi connectivity index (χ0n) is 17.2. The van der Waals surface area contributed by atoms with E-state index in [1.807, 2.05) is 0 Å². The molecule has 0 fully saturated rings. The third kappa shape index (κ3) is 7.54. The average molecular weight is 489 g/mol. The van der Waals surface area contributed by atoms with Gasteiger partial charge in [-0.15, -0.1) is 0 Å². The highest BCUT2D eigenvalue weighted by molar-refractivity contribution is 7.81. The van der Waals surface area contributed by atoms with Crippen molar-refractivity contribution >= 4 is 46.2 Å². The maximum atomic E-state index is 13.5. The first-order valence-electron chi connectivity index (χ1n) is 8.89. The number of halogens is 4. The highest BCUT2D eigenvalue weighted by Crippen LogP contribution is 2.12. The van der Waals surface area contributed by atoms with Crippen LogP contribution in [0, 0.1) is 29.2 Å². The topological polar surface area (TPSA) is 87.5 Å². The molecule has 0 saturated heterocycles. The average Bonchev–Trinajstić information content (AvgIpc) is 2.75. The Balaban J connectivity index is 0.000000363. The second-order valence-electron chi connectivity index (χ2n) is 6.29. The summed E-state index contributed by atoms with van der Waals surface area (Å²) >= 11 is 9.70. The van der Waals surface area contributed by atoms with Crippen LogP contribution in [0.4, 0.5) is 17.6 Å². The van der Waals surface area contributed by atoms with Gasteiger partial charge >= 0.3 is 0 Å². The number of amides is 2. The molecule has 4 N–H and O–H groups in total. The number of hydrazine groups is 1. The molecule has 6 nitrogen and oxygen atoms in total. The van der Waals surface area contributed by atoms with Crippen LogP contribution in [0.1, 0.15) is 18.1 Å². The van der Waals surface area contributed by atoms with Crippen molar-refractivity contribution in [3.05, 3.63) is 70.8 Å². The van der Waals surface area contributed by atoms with E-state index in [1.165, 1.54) is 14.0 Å². The summed E-state index contributed by atoms with van der Waals surface area (Å²) < 4.78 is 52.1. The Bertz CT molecular complexity index is 1040. The summed E-state index contributed by atoms with van der Waals surface area (Å²) in [5.74, 6) is -4.97. The number of nitrogens with two attached hydrogens (primary N) is 1. The number of carbonyl (C=O) groups is 2. The summed E-state index contributed by atoms with van der Waals surface area (Å²) in [6, 6.07) is 5.96. The van der Waals surface area contributed by atoms with Crippen molar-refractivity contribution in [2.24, 2.45) is 11.7 Å². The summed E-state index contributed by atoms with van der Waals surface area (Å²) in [5.41, 5.74) is 7.17. The Morgan fingerprint density at radius 3 is 1.91 bits per heavy atom. The van der Waals surface area contributed by atoms with Crippen LogP contribution in [0.15, 0.2) is 36.4 Å². The van der Waals surface area contributed by atoms with Crippen LogP contribution in [0.2, 0.25) is 0 Å². The molecular weight excluding hydrogens is 468 g/mol. The van der Waals surface area contributed by atoms with Crippen LogP contribution < -0.4 is 16.5 Å². The van der Waals surface area contributed by atoms with Crippen LogP contribution in [0.3, 0.4) is 0 Å². The van der Waals surface area contributed by atoms with Gasteiger partial charge in [-0.05, 0) is 43.3 Å². The largest absolute Gasteiger partial charge is 0.379 e. The number of primary amides is 1. The number of hydrogen-bond donors (Lipinski definition) is 3. The smallest absolute Gasteiger partial charge is 0.250 e. The van der Waals surface area contributed by atoms with Gasteiger partial charge in [0.2, 0.25) is 5.91 Å². The third-order valence-electron chi connectivity index (χ3n) is 3.96. The molecule has 0 aliphatic rings. The quantitative estimate of drug-likeness (QED) is 0.266. The van der Waals surface area contributed by atoms with E-state index in [0.29, 0.717) is 0 Å². The molecular formula is C20H20F4N4O2S2. The van der Waals surface area contributed by atoms with Crippen molar-refractivity contribution in [1.82, 2.24) is 15.8 Å². The van der Waals surface area contributed by atoms with Crippen molar-refractivity contribution in [2.45, 2.75) is 6.92 Å². The van der Waals surface area contributed by atoms with E-state index in [0.717, 1.165) is 41.4 Å². The van der Waals surface area contributed by atoms with Gasteiger partial charge in [0.25, 0.3) is 5.91 Å². The van der Waals surface area contributed by atoms with Gasteiger partial charge in [0, 0.05) is 25.2 Å². The Kier molecular flexibility index (Phi) is 10.1. The SMILES string of the molecule is CC(C(N)=O)C(=O)NN(C)C(=S)c1cc(F)ccc1F.CNC(=S)c1cc(F)ccc1F. The number of benzene rings is 2. The molecule has 0 aromatic heterocycles. The predicted octanol–water partition coefficient (Wildman–Crippen LogP) is 2.58. The summed E-state index contributed by atoms with van der Waals surface area (Å²) in [7, 11) is 2.91. The van der Waals surface area contributed by atoms with Crippen LogP contribution in [-0.2, 0) is 9.59 Å². The number of hydrogen-bond acceptors (Lipinski definition) is 4. The fourth-order valence-corrected chi connectivity index (χ4v) is 2.45. The van der Waals surface area contributed by atoms with E-state index >= 15 is 0 Å². The fraction of sp³-hybridized carbons (Fsp3) is 0.200. The van der Waals surface area contributed by atoms with Crippen molar-refractivity contribution in [1.29, 1.82) is 0 Å². The molecule has 0 spiro atoms. The maximum Gasteiger partial charge on any atom is 0.250 e. The van der Waals surface area contributed by atoms with E-state index < -0.39 is 41.0 Å². The zero-order valence-corrected chi connectivity index (χ0v) is 18.8. The lowest BCUT2D eigenvalue weighted by molar-refractivity contribution is -0.134. The predicted molar refractivity (Wildman–Crippen MR) is 119 cm³/mol. The van der Waals surface area contributed by atoms with E-state index in [4.69, 9.17) is 30.2 Å². The molecule has 1 atom stereocenters. The molecule has 2 amide bonds. The standard InChI is InChI=1S/C12H13F2N3O2S.C8H7F2NS/c1-6(10(15)18)11(19)16-17(2)12(20)8-5-7(13)3-4-9(8)14;1-11-8(12)6-4-5(9)2-3-7(6)10/h3-6H,1-2H3,(H2,15,18)(H,16,19);2-4H,1H3,(H,11,12). The van der Waals surface area contributed by atoms with Gasteiger partial charge in [-0.3, -0.25) is 20.0 Å². The van der Waals surface area contributed by atoms with Gasteiger partial charge in [-0.2, -0.15) is 0 Å². The lowest BCUT2D eigenvalue weighted by atomic mass is 10.1. The first kappa shape index (κ1) is 26.9. The van der Waals surface area contributed by atoms with Crippen LogP contribution >= 0.6 is 24.4 Å². The van der Waals surface area contributed by atoms with E-state index in [9.17, 15) is 27.2 Å². The summed E-state index contributed by atoms with van der Waals surface area (Å²) in [4.78, 5) is 22.5. The third-order valence-corrected chi connectivity index (χ3v) is 4.88. The van der Waals surface area contributed by atoms with E-state index in [-0.39, 0.29) is 21.1 Å². The number of nitrogens with one attached hydrogen (secondary N) is 2. The Morgan fingerprint density at radius 1 is 0.969 bits per heavy atom. The van der Waals surface area contributed by atoms with Crippen molar-refractivity contribution in [3.8, 4) is 0 Å². The summed E-state index contributed by atoms with van der Waals surface area (Å²) in [6.07, 6.45) is 0. The number of thiocarbonyl (C=S) groups is 2. The number of nitrogens with zero attached hydrogens (tertiary/aromatic N) is 1. The van der Waals surface area contributed by atoms with Gasteiger partial charge in [0.1, 0.15) is 39.2 Å². The van der Waals surface area contributed by atoms with E-state index in [2.05, 4.69) is 10.7 Å². The molecule has 2 rings (SSSR count). The molecule has 172 valence electrons. The summed E-state index contributed by atoms with van der Waals surface area (Å²) in [6.45, 7) is 1.32. The molecule has 0 aliphatic heterocycles. The van der Waals surface area contributed by atoms with Gasteiger partial charge in [0.05, 0.1) is 0 Å².